The fourth-order valence-electron chi connectivity index (χ4n) is 1.80. The second kappa shape index (κ2) is 8.64. The van der Waals surface area contributed by atoms with Gasteiger partial charge in [-0.3, -0.25) is 0 Å². The van der Waals surface area contributed by atoms with E-state index in [-0.39, 0.29) is 0 Å². The zero-order chi connectivity index (χ0) is 14.1. The van der Waals surface area contributed by atoms with Crippen LogP contribution in [-0.2, 0) is 6.42 Å². The zero-order valence-electron chi connectivity index (χ0n) is 12.8. The quantitative estimate of drug-likeness (QED) is 0.668. The number of hydrogen-bond acceptors (Lipinski definition) is 1. The van der Waals surface area contributed by atoms with E-state index in [0.717, 1.165) is 38.0 Å². The Labute approximate surface area is 118 Å². The molecular formula is C18H26O. The molecule has 0 N–H and O–H groups in total. The summed E-state index contributed by atoms with van der Waals surface area (Å²) >= 11 is 0. The summed E-state index contributed by atoms with van der Waals surface area (Å²) < 4.78 is 5.73. The molecule has 0 aliphatic rings. The molecule has 104 valence electrons. The zero-order valence-corrected chi connectivity index (χ0v) is 12.8. The normalized spacial score (nSPS) is 10.2. The molecule has 1 nitrogen and oxygen atoms in total. The number of aryl methyl sites for hydroxylation is 2. The van der Waals surface area contributed by atoms with Crippen LogP contribution in [0.2, 0.25) is 0 Å². The summed E-state index contributed by atoms with van der Waals surface area (Å²) in [6, 6.07) is 6.38. The van der Waals surface area contributed by atoms with Crippen LogP contribution in [0.5, 0.6) is 5.75 Å². The first kappa shape index (κ1) is 15.6. The van der Waals surface area contributed by atoms with Crippen molar-refractivity contribution in [3.63, 3.8) is 0 Å². The van der Waals surface area contributed by atoms with E-state index in [4.69, 9.17) is 4.74 Å². The molecule has 0 aromatic heterocycles. The van der Waals surface area contributed by atoms with Gasteiger partial charge in [-0.1, -0.05) is 26.8 Å². The second-order valence-electron chi connectivity index (χ2n) is 5.40. The molecule has 1 rings (SSSR count). The predicted molar refractivity (Wildman–Crippen MR) is 82.5 cm³/mol. The lowest BCUT2D eigenvalue weighted by Crippen LogP contribution is -2.04. The van der Waals surface area contributed by atoms with Crippen molar-refractivity contribution in [2.24, 2.45) is 5.92 Å². The largest absolute Gasteiger partial charge is 0.493 e. The van der Waals surface area contributed by atoms with Crippen molar-refractivity contribution in [2.45, 2.75) is 53.4 Å². The SMILES string of the molecule is CCCC#CCCc1ccc(OCC(C)C)cc1C. The molecule has 0 amide bonds. The van der Waals surface area contributed by atoms with Crippen LogP contribution in [0, 0.1) is 24.7 Å². The molecule has 19 heavy (non-hydrogen) atoms. The van der Waals surface area contributed by atoms with Crippen molar-refractivity contribution in [2.75, 3.05) is 6.61 Å². The lowest BCUT2D eigenvalue weighted by atomic mass is 10.0. The Balaban J connectivity index is 2.50. The highest BCUT2D eigenvalue weighted by Gasteiger charge is 2.01. The number of hydrogen-bond donors (Lipinski definition) is 0. The van der Waals surface area contributed by atoms with Crippen LogP contribution >= 0.6 is 0 Å². The first-order chi connectivity index (χ1) is 9.13. The van der Waals surface area contributed by atoms with Gasteiger partial charge in [0.05, 0.1) is 6.61 Å². The van der Waals surface area contributed by atoms with Gasteiger partial charge in [-0.05, 0) is 48.9 Å². The van der Waals surface area contributed by atoms with Gasteiger partial charge >= 0.3 is 0 Å². The van der Waals surface area contributed by atoms with Crippen LogP contribution < -0.4 is 4.74 Å². The maximum absolute atomic E-state index is 5.73. The van der Waals surface area contributed by atoms with Crippen molar-refractivity contribution < 1.29 is 4.74 Å². The lowest BCUT2D eigenvalue weighted by molar-refractivity contribution is 0.271. The Bertz CT molecular complexity index is 435. The fourth-order valence-corrected chi connectivity index (χ4v) is 1.80. The van der Waals surface area contributed by atoms with Crippen LogP contribution in [-0.4, -0.2) is 6.61 Å². The minimum atomic E-state index is 0.564. The van der Waals surface area contributed by atoms with Crippen molar-refractivity contribution in [1.82, 2.24) is 0 Å². The first-order valence-corrected chi connectivity index (χ1v) is 7.31. The first-order valence-electron chi connectivity index (χ1n) is 7.31. The topological polar surface area (TPSA) is 9.23 Å². The van der Waals surface area contributed by atoms with Gasteiger partial charge in [-0.15, -0.1) is 11.8 Å². The Morgan fingerprint density at radius 2 is 1.89 bits per heavy atom. The minimum Gasteiger partial charge on any atom is -0.493 e. The van der Waals surface area contributed by atoms with E-state index in [9.17, 15) is 0 Å². The third kappa shape index (κ3) is 6.34. The Kier molecular flexibility index (Phi) is 7.11. The molecule has 1 aromatic rings. The number of rotatable bonds is 6. The van der Waals surface area contributed by atoms with Crippen LogP contribution in [0.25, 0.3) is 0 Å². The fraction of sp³-hybridized carbons (Fsp3) is 0.556. The molecule has 0 fully saturated rings. The molecule has 0 saturated carbocycles. The maximum atomic E-state index is 5.73. The van der Waals surface area contributed by atoms with Gasteiger partial charge in [0.15, 0.2) is 0 Å². The minimum absolute atomic E-state index is 0.564. The number of benzene rings is 1. The molecule has 0 heterocycles. The van der Waals surface area contributed by atoms with Crippen LogP contribution in [0.4, 0.5) is 0 Å². The van der Waals surface area contributed by atoms with Gasteiger partial charge in [-0.25, -0.2) is 0 Å². The standard InChI is InChI=1S/C18H26O/c1-5-6-7-8-9-10-17-11-12-18(13-16(17)4)19-14-15(2)3/h11-13,15H,5-6,9-10,14H2,1-4H3. The molecule has 0 saturated heterocycles. The molecule has 0 aliphatic heterocycles. The smallest absolute Gasteiger partial charge is 0.119 e. The predicted octanol–water partition coefficient (Wildman–Crippen LogP) is 4.77. The Morgan fingerprint density at radius 1 is 1.16 bits per heavy atom. The van der Waals surface area contributed by atoms with Gasteiger partial charge in [0.1, 0.15) is 5.75 Å². The molecule has 0 radical (unpaired) electrons. The molecule has 0 aliphatic carbocycles. The van der Waals surface area contributed by atoms with E-state index >= 15 is 0 Å². The summed E-state index contributed by atoms with van der Waals surface area (Å²) in [6.07, 6.45) is 4.15. The summed E-state index contributed by atoms with van der Waals surface area (Å²) in [4.78, 5) is 0. The van der Waals surface area contributed by atoms with Crippen LogP contribution in [0.1, 0.15) is 51.2 Å². The van der Waals surface area contributed by atoms with Gasteiger partial charge in [-0.2, -0.15) is 0 Å². The third-order valence-corrected chi connectivity index (χ3v) is 2.92. The van der Waals surface area contributed by atoms with E-state index in [2.05, 4.69) is 57.7 Å². The molecule has 0 spiro atoms. The van der Waals surface area contributed by atoms with E-state index in [1.54, 1.807) is 0 Å². The van der Waals surface area contributed by atoms with Gasteiger partial charge < -0.3 is 4.74 Å². The van der Waals surface area contributed by atoms with E-state index in [0.29, 0.717) is 5.92 Å². The van der Waals surface area contributed by atoms with E-state index in [1.807, 2.05) is 0 Å². The molecule has 0 atom stereocenters. The summed E-state index contributed by atoms with van der Waals surface area (Å²) in [6.45, 7) is 9.42. The molecule has 0 bridgehead atoms. The van der Waals surface area contributed by atoms with Crippen molar-refractivity contribution in [3.05, 3.63) is 29.3 Å². The Morgan fingerprint density at radius 3 is 2.53 bits per heavy atom. The van der Waals surface area contributed by atoms with Crippen LogP contribution in [0.15, 0.2) is 18.2 Å². The van der Waals surface area contributed by atoms with E-state index < -0.39 is 0 Å². The summed E-state index contributed by atoms with van der Waals surface area (Å²) in [5, 5.41) is 0. The van der Waals surface area contributed by atoms with Crippen molar-refractivity contribution >= 4 is 0 Å². The van der Waals surface area contributed by atoms with Gasteiger partial charge in [0.2, 0.25) is 0 Å². The van der Waals surface area contributed by atoms with Crippen LogP contribution in [0.3, 0.4) is 0 Å². The highest BCUT2D eigenvalue weighted by Crippen LogP contribution is 2.19. The third-order valence-electron chi connectivity index (χ3n) is 2.92. The maximum Gasteiger partial charge on any atom is 0.119 e. The molecule has 1 aromatic carbocycles. The summed E-state index contributed by atoms with van der Waals surface area (Å²) in [5.41, 5.74) is 2.68. The highest BCUT2D eigenvalue weighted by atomic mass is 16.5. The van der Waals surface area contributed by atoms with Crippen molar-refractivity contribution in [1.29, 1.82) is 0 Å². The highest BCUT2D eigenvalue weighted by molar-refractivity contribution is 5.35. The lowest BCUT2D eigenvalue weighted by Gasteiger charge is -2.11. The average molecular weight is 258 g/mol. The Hall–Kier alpha value is -1.42. The van der Waals surface area contributed by atoms with Crippen molar-refractivity contribution in [3.8, 4) is 17.6 Å². The van der Waals surface area contributed by atoms with Gasteiger partial charge in [0, 0.05) is 12.8 Å². The monoisotopic (exact) mass is 258 g/mol. The number of unbranched alkanes of at least 4 members (excludes halogenated alkanes) is 1. The molecular weight excluding hydrogens is 232 g/mol. The second-order valence-corrected chi connectivity index (χ2v) is 5.40. The summed E-state index contributed by atoms with van der Waals surface area (Å²) in [7, 11) is 0. The molecule has 0 unspecified atom stereocenters. The van der Waals surface area contributed by atoms with Gasteiger partial charge in [0.25, 0.3) is 0 Å². The summed E-state index contributed by atoms with van der Waals surface area (Å²) in [5.74, 6) is 7.97. The molecule has 1 heteroatoms. The number of ether oxygens (including phenoxy) is 1. The van der Waals surface area contributed by atoms with E-state index in [1.165, 1.54) is 11.1 Å². The average Bonchev–Trinajstić information content (AvgIpc) is 2.38.